The first-order chi connectivity index (χ1) is 14.0. The van der Waals surface area contributed by atoms with Crippen molar-refractivity contribution in [2.75, 3.05) is 13.2 Å². The molecule has 0 radical (unpaired) electrons. The number of nitrogens with one attached hydrogen (secondary N) is 3. The Bertz CT molecular complexity index is 802. The number of para-hydroxylation sites is 1. The number of rotatable bonds is 3. The van der Waals surface area contributed by atoms with Gasteiger partial charge in [0.1, 0.15) is 12.4 Å². The van der Waals surface area contributed by atoms with Crippen LogP contribution in [0.4, 0.5) is 0 Å². The molecule has 0 bridgehead atoms. The molecule has 1 aliphatic heterocycles. The molecule has 6 nitrogen and oxygen atoms in total. The number of benzene rings is 1. The predicted molar refractivity (Wildman–Crippen MR) is 112 cm³/mol. The van der Waals surface area contributed by atoms with Crippen LogP contribution in [0.15, 0.2) is 36.4 Å². The van der Waals surface area contributed by atoms with Crippen LogP contribution in [0.1, 0.15) is 49.9 Å². The maximum Gasteiger partial charge on any atom is 0.255 e. The van der Waals surface area contributed by atoms with E-state index < -0.39 is 0 Å². The molecule has 1 aromatic rings. The molecule has 1 aromatic carbocycles. The van der Waals surface area contributed by atoms with Gasteiger partial charge in [-0.1, -0.05) is 24.3 Å². The number of carbonyl (C=O) groups is 2. The fraction of sp³-hybridized carbons (Fsp3) is 0.565. The summed E-state index contributed by atoms with van der Waals surface area (Å²) in [5, 5.41) is 9.50. The molecule has 2 aliphatic carbocycles. The second kappa shape index (κ2) is 8.19. The van der Waals surface area contributed by atoms with Crippen molar-refractivity contribution in [1.82, 2.24) is 16.0 Å². The van der Waals surface area contributed by atoms with Gasteiger partial charge in [-0.15, -0.1) is 0 Å². The van der Waals surface area contributed by atoms with Gasteiger partial charge in [-0.25, -0.2) is 0 Å². The van der Waals surface area contributed by atoms with E-state index in [4.69, 9.17) is 4.74 Å². The van der Waals surface area contributed by atoms with Crippen LogP contribution >= 0.6 is 0 Å². The van der Waals surface area contributed by atoms with Crippen molar-refractivity contribution in [3.63, 3.8) is 0 Å². The molecule has 2 fully saturated rings. The molecular weight excluding hydrogens is 366 g/mol. The van der Waals surface area contributed by atoms with Crippen LogP contribution in [0.5, 0.6) is 5.75 Å². The molecule has 4 rings (SSSR count). The van der Waals surface area contributed by atoms with Crippen LogP contribution in [-0.4, -0.2) is 43.1 Å². The van der Waals surface area contributed by atoms with Gasteiger partial charge in [0.05, 0.1) is 11.6 Å². The summed E-state index contributed by atoms with van der Waals surface area (Å²) < 4.78 is 5.80. The fourth-order valence-electron chi connectivity index (χ4n) is 4.45. The third-order valence-corrected chi connectivity index (χ3v) is 6.49. The van der Waals surface area contributed by atoms with Gasteiger partial charge in [0, 0.05) is 18.6 Å². The van der Waals surface area contributed by atoms with Gasteiger partial charge < -0.3 is 20.7 Å². The molecule has 6 heteroatoms. The molecule has 3 N–H and O–H groups in total. The molecule has 2 saturated carbocycles. The van der Waals surface area contributed by atoms with Crippen LogP contribution in [-0.2, 0) is 4.79 Å². The van der Waals surface area contributed by atoms with Gasteiger partial charge in [-0.3, -0.25) is 9.59 Å². The van der Waals surface area contributed by atoms with Gasteiger partial charge in [-0.05, 0) is 63.0 Å². The lowest BCUT2D eigenvalue weighted by Gasteiger charge is -2.24. The third-order valence-electron chi connectivity index (χ3n) is 6.49. The van der Waals surface area contributed by atoms with E-state index in [1.54, 1.807) is 12.1 Å². The molecule has 1 heterocycles. The molecule has 29 heavy (non-hydrogen) atoms. The Labute approximate surface area is 172 Å². The van der Waals surface area contributed by atoms with E-state index in [9.17, 15) is 9.59 Å². The van der Waals surface area contributed by atoms with E-state index >= 15 is 0 Å². The highest BCUT2D eigenvalue weighted by Gasteiger charge is 2.64. The lowest BCUT2D eigenvalue weighted by molar-refractivity contribution is -0.123. The summed E-state index contributed by atoms with van der Waals surface area (Å²) in [6.07, 6.45) is 8.49. The summed E-state index contributed by atoms with van der Waals surface area (Å²) in [6, 6.07) is 7.09. The summed E-state index contributed by atoms with van der Waals surface area (Å²) in [6.45, 7) is 4.83. The van der Waals surface area contributed by atoms with Crippen LogP contribution in [0, 0.1) is 11.3 Å². The molecule has 3 aliphatic rings. The quantitative estimate of drug-likeness (QED) is 0.685. The number of ether oxygens (including phenoxy) is 1. The molecule has 0 saturated heterocycles. The van der Waals surface area contributed by atoms with Gasteiger partial charge in [0.25, 0.3) is 5.91 Å². The Balaban J connectivity index is 1.44. The van der Waals surface area contributed by atoms with E-state index in [0.717, 1.165) is 0 Å². The monoisotopic (exact) mass is 397 g/mol. The predicted octanol–water partition coefficient (Wildman–Crippen LogP) is 2.41. The summed E-state index contributed by atoms with van der Waals surface area (Å²) >= 11 is 0. The maximum absolute atomic E-state index is 12.8. The Morgan fingerprint density at radius 2 is 2.00 bits per heavy atom. The average Bonchev–Trinajstić information content (AvgIpc) is 3.63. The number of carbonyl (C=O) groups excluding carboxylic acids is 2. The lowest BCUT2D eigenvalue weighted by Crippen LogP contribution is -2.51. The second-order valence-corrected chi connectivity index (χ2v) is 8.81. The smallest absolute Gasteiger partial charge is 0.255 e. The number of hydrogen-bond donors (Lipinski definition) is 3. The SMILES string of the molecule is CC(N[C@@H]1C/C=C\COc2ccccc2C(=O)N[C@@H](C)CNC1=O)C1CC12CC2. The Kier molecular flexibility index (Phi) is 5.63. The minimum absolute atomic E-state index is 0.0218. The normalized spacial score (nSPS) is 30.8. The molecule has 156 valence electrons. The Hall–Kier alpha value is -2.34. The van der Waals surface area contributed by atoms with E-state index in [1.165, 1.54) is 19.3 Å². The van der Waals surface area contributed by atoms with Crippen molar-refractivity contribution in [2.24, 2.45) is 11.3 Å². The van der Waals surface area contributed by atoms with Crippen LogP contribution in [0.3, 0.4) is 0 Å². The van der Waals surface area contributed by atoms with Crippen molar-refractivity contribution >= 4 is 11.8 Å². The summed E-state index contributed by atoms with van der Waals surface area (Å²) in [7, 11) is 0. The van der Waals surface area contributed by atoms with Crippen molar-refractivity contribution in [3.8, 4) is 5.75 Å². The minimum Gasteiger partial charge on any atom is -0.489 e. The molecule has 0 aromatic heterocycles. The highest BCUT2D eigenvalue weighted by Crippen LogP contribution is 2.71. The van der Waals surface area contributed by atoms with Crippen LogP contribution in [0.2, 0.25) is 0 Å². The van der Waals surface area contributed by atoms with Gasteiger partial charge >= 0.3 is 0 Å². The number of hydrogen-bond acceptors (Lipinski definition) is 4. The standard InChI is InChI=1S/C23H31N3O3/c1-15-14-24-22(28)19(26-16(2)18-13-23(18)10-11-23)8-5-6-12-29-20-9-4-3-7-17(20)21(27)25-15/h3-7,9,15-16,18-19,26H,8,10-14H2,1-2H3,(H,24,28)(H,25,27)/b6-5-/t15-,16?,18?,19+/m0/s1. The number of amides is 2. The largest absolute Gasteiger partial charge is 0.489 e. The minimum atomic E-state index is -0.282. The zero-order valence-corrected chi connectivity index (χ0v) is 17.2. The number of fused-ring (bicyclic) bond motifs is 1. The second-order valence-electron chi connectivity index (χ2n) is 8.81. The highest BCUT2D eigenvalue weighted by atomic mass is 16.5. The van der Waals surface area contributed by atoms with Gasteiger partial charge in [0.15, 0.2) is 0 Å². The molecule has 4 atom stereocenters. The van der Waals surface area contributed by atoms with E-state index in [2.05, 4.69) is 22.9 Å². The first kappa shape index (κ1) is 20.0. The summed E-state index contributed by atoms with van der Waals surface area (Å²) in [4.78, 5) is 25.4. The first-order valence-electron chi connectivity index (χ1n) is 10.7. The Morgan fingerprint density at radius 3 is 2.76 bits per heavy atom. The summed E-state index contributed by atoms with van der Waals surface area (Å²) in [5.74, 6) is 1.04. The fourth-order valence-corrected chi connectivity index (χ4v) is 4.45. The van der Waals surface area contributed by atoms with Crippen molar-refractivity contribution in [1.29, 1.82) is 0 Å². The zero-order chi connectivity index (χ0) is 20.4. The van der Waals surface area contributed by atoms with E-state index in [-0.39, 0.29) is 23.9 Å². The van der Waals surface area contributed by atoms with Crippen molar-refractivity contribution in [3.05, 3.63) is 42.0 Å². The first-order valence-corrected chi connectivity index (χ1v) is 10.7. The molecule has 2 amide bonds. The zero-order valence-electron chi connectivity index (χ0n) is 17.2. The van der Waals surface area contributed by atoms with Crippen LogP contribution in [0.25, 0.3) is 0 Å². The van der Waals surface area contributed by atoms with E-state index in [0.29, 0.717) is 48.3 Å². The van der Waals surface area contributed by atoms with Crippen LogP contribution < -0.4 is 20.7 Å². The average molecular weight is 398 g/mol. The topological polar surface area (TPSA) is 79.5 Å². The highest BCUT2D eigenvalue weighted by molar-refractivity contribution is 5.97. The lowest BCUT2D eigenvalue weighted by atomic mass is 10.1. The molecule has 1 spiro atoms. The molecular formula is C23H31N3O3. The Morgan fingerprint density at radius 1 is 1.21 bits per heavy atom. The third kappa shape index (κ3) is 4.64. The maximum atomic E-state index is 12.8. The van der Waals surface area contributed by atoms with Crippen molar-refractivity contribution < 1.29 is 14.3 Å². The van der Waals surface area contributed by atoms with Gasteiger partial charge in [0.2, 0.25) is 5.91 Å². The molecule has 2 unspecified atom stereocenters. The van der Waals surface area contributed by atoms with E-state index in [1.807, 2.05) is 31.2 Å². The van der Waals surface area contributed by atoms with Crippen molar-refractivity contribution in [2.45, 2.75) is 57.7 Å². The van der Waals surface area contributed by atoms with Gasteiger partial charge in [-0.2, -0.15) is 0 Å². The summed E-state index contributed by atoms with van der Waals surface area (Å²) in [5.41, 5.74) is 1.10.